The van der Waals surface area contributed by atoms with Crippen molar-refractivity contribution in [2.75, 3.05) is 26.2 Å². The van der Waals surface area contributed by atoms with Gasteiger partial charge in [-0.05, 0) is 37.1 Å². The molecule has 2 aromatic rings. The number of benzene rings is 2. The third-order valence-corrected chi connectivity index (χ3v) is 4.93. The van der Waals surface area contributed by atoms with Crippen molar-refractivity contribution < 1.29 is 14.1 Å². The maximum atomic E-state index is 13.0. The summed E-state index contributed by atoms with van der Waals surface area (Å²) in [6.45, 7) is 5.04. The Balaban J connectivity index is 1.67. The Morgan fingerprint density at radius 3 is 2.56 bits per heavy atom. The molecule has 0 unspecified atom stereocenters. The summed E-state index contributed by atoms with van der Waals surface area (Å²) in [5, 5.41) is 11.1. The Hall–Kier alpha value is -2.80. The SMILES string of the molecule is Cc1c(C(=O)N2CCCN(Cc3ccc(F)cc3)CC2)cccc1[N+](=O)[O-]. The zero-order valence-corrected chi connectivity index (χ0v) is 15.2. The van der Waals surface area contributed by atoms with Crippen molar-refractivity contribution in [2.24, 2.45) is 0 Å². The summed E-state index contributed by atoms with van der Waals surface area (Å²) in [7, 11) is 0. The van der Waals surface area contributed by atoms with Gasteiger partial charge in [-0.1, -0.05) is 18.2 Å². The summed E-state index contributed by atoms with van der Waals surface area (Å²) >= 11 is 0. The fourth-order valence-corrected chi connectivity index (χ4v) is 3.40. The van der Waals surface area contributed by atoms with Gasteiger partial charge in [0.1, 0.15) is 5.82 Å². The van der Waals surface area contributed by atoms with Crippen LogP contribution in [-0.2, 0) is 6.54 Å². The number of nitro groups is 1. The minimum absolute atomic E-state index is 0.0337. The molecule has 0 aromatic heterocycles. The Morgan fingerprint density at radius 1 is 1.11 bits per heavy atom. The monoisotopic (exact) mass is 371 g/mol. The van der Waals surface area contributed by atoms with Crippen LogP contribution >= 0.6 is 0 Å². The smallest absolute Gasteiger partial charge is 0.273 e. The average molecular weight is 371 g/mol. The molecule has 0 bridgehead atoms. The second-order valence-electron chi connectivity index (χ2n) is 6.76. The maximum Gasteiger partial charge on any atom is 0.273 e. The first-order chi connectivity index (χ1) is 13.0. The van der Waals surface area contributed by atoms with Crippen LogP contribution in [0.1, 0.15) is 27.9 Å². The van der Waals surface area contributed by atoms with Crippen LogP contribution in [0.4, 0.5) is 10.1 Å². The van der Waals surface area contributed by atoms with E-state index in [1.807, 2.05) is 0 Å². The maximum absolute atomic E-state index is 13.0. The minimum atomic E-state index is -0.459. The number of hydrogen-bond donors (Lipinski definition) is 0. The van der Waals surface area contributed by atoms with E-state index in [1.54, 1.807) is 36.1 Å². The zero-order valence-electron chi connectivity index (χ0n) is 15.2. The van der Waals surface area contributed by atoms with Gasteiger partial charge in [0.2, 0.25) is 0 Å². The number of amides is 1. The molecule has 1 aliphatic rings. The van der Waals surface area contributed by atoms with Crippen molar-refractivity contribution in [1.82, 2.24) is 9.80 Å². The van der Waals surface area contributed by atoms with Crippen molar-refractivity contribution in [1.29, 1.82) is 0 Å². The van der Waals surface area contributed by atoms with Crippen molar-refractivity contribution in [2.45, 2.75) is 19.9 Å². The molecule has 0 aliphatic carbocycles. The molecule has 1 heterocycles. The lowest BCUT2D eigenvalue weighted by Gasteiger charge is -2.22. The van der Waals surface area contributed by atoms with Gasteiger partial charge < -0.3 is 4.90 Å². The standard InChI is InChI=1S/C20H22FN3O3/c1-15-18(4-2-5-19(15)24(26)27)20(25)23-11-3-10-22(12-13-23)14-16-6-8-17(21)9-7-16/h2,4-9H,3,10-14H2,1H3. The van der Waals surface area contributed by atoms with E-state index in [1.165, 1.54) is 18.2 Å². The van der Waals surface area contributed by atoms with Gasteiger partial charge in [0.15, 0.2) is 0 Å². The first kappa shape index (κ1) is 19.0. The molecule has 0 saturated carbocycles. The van der Waals surface area contributed by atoms with Crippen LogP contribution in [0.3, 0.4) is 0 Å². The zero-order chi connectivity index (χ0) is 19.4. The number of rotatable bonds is 4. The van der Waals surface area contributed by atoms with E-state index < -0.39 is 4.92 Å². The van der Waals surface area contributed by atoms with Gasteiger partial charge >= 0.3 is 0 Å². The second kappa shape index (κ2) is 8.26. The highest BCUT2D eigenvalue weighted by Gasteiger charge is 2.24. The predicted octanol–water partition coefficient (Wildman–Crippen LogP) is 3.39. The van der Waals surface area contributed by atoms with E-state index in [2.05, 4.69) is 4.90 Å². The van der Waals surface area contributed by atoms with E-state index in [0.29, 0.717) is 37.3 Å². The number of nitro benzene ring substituents is 1. The Morgan fingerprint density at radius 2 is 1.85 bits per heavy atom. The van der Waals surface area contributed by atoms with Crippen molar-refractivity contribution in [3.05, 3.63) is 75.1 Å². The molecule has 7 heteroatoms. The predicted molar refractivity (Wildman–Crippen MR) is 100 cm³/mol. The van der Waals surface area contributed by atoms with Gasteiger partial charge in [0, 0.05) is 49.9 Å². The molecule has 0 atom stereocenters. The van der Waals surface area contributed by atoms with Crippen molar-refractivity contribution in [3.8, 4) is 0 Å². The third kappa shape index (κ3) is 4.49. The van der Waals surface area contributed by atoms with Crippen LogP contribution in [0.5, 0.6) is 0 Å². The van der Waals surface area contributed by atoms with Gasteiger partial charge in [-0.3, -0.25) is 19.8 Å². The number of nitrogens with zero attached hydrogens (tertiary/aromatic N) is 3. The number of carbonyl (C=O) groups is 1. The number of carbonyl (C=O) groups excluding carboxylic acids is 1. The average Bonchev–Trinajstić information content (AvgIpc) is 2.88. The van der Waals surface area contributed by atoms with Crippen LogP contribution in [0.25, 0.3) is 0 Å². The van der Waals surface area contributed by atoms with E-state index in [0.717, 1.165) is 18.5 Å². The van der Waals surface area contributed by atoms with Crippen LogP contribution in [0.2, 0.25) is 0 Å². The fourth-order valence-electron chi connectivity index (χ4n) is 3.40. The topological polar surface area (TPSA) is 66.7 Å². The molecule has 6 nitrogen and oxygen atoms in total. The van der Waals surface area contributed by atoms with Crippen molar-refractivity contribution >= 4 is 11.6 Å². The van der Waals surface area contributed by atoms with Gasteiger partial charge in [-0.15, -0.1) is 0 Å². The lowest BCUT2D eigenvalue weighted by atomic mass is 10.1. The molecule has 27 heavy (non-hydrogen) atoms. The van der Waals surface area contributed by atoms with Crippen molar-refractivity contribution in [3.63, 3.8) is 0 Å². The number of hydrogen-bond acceptors (Lipinski definition) is 4. The van der Waals surface area contributed by atoms with Crippen LogP contribution in [-0.4, -0.2) is 46.8 Å². The molecule has 0 N–H and O–H groups in total. The quantitative estimate of drug-likeness (QED) is 0.610. The fraction of sp³-hybridized carbons (Fsp3) is 0.350. The van der Waals surface area contributed by atoms with E-state index >= 15 is 0 Å². The molecular weight excluding hydrogens is 349 g/mol. The van der Waals surface area contributed by atoms with Gasteiger partial charge in [0.05, 0.1) is 4.92 Å². The minimum Gasteiger partial charge on any atom is -0.337 e. The lowest BCUT2D eigenvalue weighted by Crippen LogP contribution is -2.35. The molecule has 1 amide bonds. The third-order valence-electron chi connectivity index (χ3n) is 4.93. The highest BCUT2D eigenvalue weighted by atomic mass is 19.1. The van der Waals surface area contributed by atoms with Crippen LogP contribution in [0, 0.1) is 22.9 Å². The summed E-state index contributed by atoms with van der Waals surface area (Å²) in [4.78, 5) is 27.5. The summed E-state index contributed by atoms with van der Waals surface area (Å²) in [6, 6.07) is 11.1. The summed E-state index contributed by atoms with van der Waals surface area (Å²) < 4.78 is 13.0. The van der Waals surface area contributed by atoms with Crippen LogP contribution < -0.4 is 0 Å². The lowest BCUT2D eigenvalue weighted by molar-refractivity contribution is -0.385. The molecule has 2 aromatic carbocycles. The molecule has 1 saturated heterocycles. The molecule has 142 valence electrons. The first-order valence-electron chi connectivity index (χ1n) is 8.96. The van der Waals surface area contributed by atoms with E-state index in [-0.39, 0.29) is 17.4 Å². The number of halogens is 1. The Bertz CT molecular complexity index is 839. The molecular formula is C20H22FN3O3. The molecule has 3 rings (SSSR count). The second-order valence-corrected chi connectivity index (χ2v) is 6.76. The Kier molecular flexibility index (Phi) is 5.81. The first-order valence-corrected chi connectivity index (χ1v) is 8.96. The van der Waals surface area contributed by atoms with Gasteiger partial charge in [-0.25, -0.2) is 4.39 Å². The normalized spacial score (nSPS) is 15.4. The highest BCUT2D eigenvalue weighted by Crippen LogP contribution is 2.23. The summed E-state index contributed by atoms with van der Waals surface area (Å²) in [5.41, 5.74) is 1.79. The molecule has 0 spiro atoms. The summed E-state index contributed by atoms with van der Waals surface area (Å²) in [5.74, 6) is -0.418. The Labute approximate surface area is 157 Å². The van der Waals surface area contributed by atoms with Gasteiger partial charge in [-0.2, -0.15) is 0 Å². The molecule has 1 fully saturated rings. The molecule has 0 radical (unpaired) electrons. The molecule has 1 aliphatic heterocycles. The van der Waals surface area contributed by atoms with E-state index in [4.69, 9.17) is 0 Å². The van der Waals surface area contributed by atoms with Gasteiger partial charge in [0.25, 0.3) is 11.6 Å². The highest BCUT2D eigenvalue weighted by molar-refractivity contribution is 5.96. The summed E-state index contributed by atoms with van der Waals surface area (Å²) in [6.07, 6.45) is 0.820. The van der Waals surface area contributed by atoms with Crippen LogP contribution in [0.15, 0.2) is 42.5 Å². The van der Waals surface area contributed by atoms with E-state index in [9.17, 15) is 19.3 Å². The largest absolute Gasteiger partial charge is 0.337 e.